The van der Waals surface area contributed by atoms with E-state index < -0.39 is 33.4 Å². The number of carbonyl (C=O) groups is 1. The lowest BCUT2D eigenvalue weighted by atomic mass is 10.5. The summed E-state index contributed by atoms with van der Waals surface area (Å²) in [6.45, 7) is 1.57. The number of hydrogen-bond donors (Lipinski definition) is 1. The lowest BCUT2D eigenvalue weighted by molar-refractivity contribution is -0.402. The molecule has 1 aromatic heterocycles. The normalized spacial score (nSPS) is 9.71. The predicted octanol–water partition coefficient (Wildman–Crippen LogP) is 1.66. The number of nitrogens with one attached hydrogen (secondary N) is 1. The first kappa shape index (κ1) is 12.4. The summed E-state index contributed by atoms with van der Waals surface area (Å²) in [5, 5.41) is 22.8. The second-order valence-electron chi connectivity index (χ2n) is 2.66. The van der Waals surface area contributed by atoms with Gasteiger partial charge in [0.2, 0.25) is 0 Å². The molecular formula is C7H7N3O7. The standard InChI is InChI=1S/C7H7N3O7/c1-2-16-7(11)8-6-4(9(12)13)3-5(17-6)10(14)15/h3H,2H2,1H3,(H,8,11). The fraction of sp³-hybridized carbons (Fsp3) is 0.286. The molecular weight excluding hydrogens is 238 g/mol. The van der Waals surface area contributed by atoms with Crippen molar-refractivity contribution in [2.45, 2.75) is 6.92 Å². The van der Waals surface area contributed by atoms with Crippen molar-refractivity contribution in [2.75, 3.05) is 11.9 Å². The van der Waals surface area contributed by atoms with E-state index in [0.29, 0.717) is 6.07 Å². The first-order valence-corrected chi connectivity index (χ1v) is 4.32. The van der Waals surface area contributed by atoms with Gasteiger partial charge in [-0.1, -0.05) is 0 Å². The van der Waals surface area contributed by atoms with Crippen molar-refractivity contribution in [3.8, 4) is 0 Å². The Morgan fingerprint density at radius 1 is 1.47 bits per heavy atom. The maximum atomic E-state index is 11.0. The van der Waals surface area contributed by atoms with Crippen molar-refractivity contribution in [1.82, 2.24) is 0 Å². The highest BCUT2D eigenvalue weighted by Crippen LogP contribution is 2.32. The van der Waals surface area contributed by atoms with Crippen LogP contribution < -0.4 is 5.32 Å². The Morgan fingerprint density at radius 2 is 2.12 bits per heavy atom. The Hall–Kier alpha value is -2.65. The fourth-order valence-electron chi connectivity index (χ4n) is 0.944. The van der Waals surface area contributed by atoms with Gasteiger partial charge in [0.1, 0.15) is 11.0 Å². The van der Waals surface area contributed by atoms with Crippen molar-refractivity contribution in [3.05, 3.63) is 26.3 Å². The number of rotatable bonds is 4. The minimum Gasteiger partial charge on any atom is -0.450 e. The highest BCUT2D eigenvalue weighted by molar-refractivity contribution is 5.85. The van der Waals surface area contributed by atoms with Gasteiger partial charge < -0.3 is 9.15 Å². The van der Waals surface area contributed by atoms with Gasteiger partial charge in [-0.05, 0) is 6.92 Å². The monoisotopic (exact) mass is 245 g/mol. The van der Waals surface area contributed by atoms with Gasteiger partial charge in [-0.15, -0.1) is 0 Å². The lowest BCUT2D eigenvalue weighted by Gasteiger charge is -2.00. The van der Waals surface area contributed by atoms with Crippen molar-refractivity contribution >= 4 is 23.5 Å². The Morgan fingerprint density at radius 3 is 2.59 bits per heavy atom. The summed E-state index contributed by atoms with van der Waals surface area (Å²) in [5.41, 5.74) is -0.718. The summed E-state index contributed by atoms with van der Waals surface area (Å²) in [4.78, 5) is 30.0. The molecule has 1 aromatic rings. The maximum Gasteiger partial charge on any atom is 0.442 e. The average Bonchev–Trinajstić information content (AvgIpc) is 2.62. The van der Waals surface area contributed by atoms with Crippen LogP contribution in [0.15, 0.2) is 10.5 Å². The summed E-state index contributed by atoms with van der Waals surface area (Å²) in [6.07, 6.45) is -1.00. The SMILES string of the molecule is CCOC(=O)Nc1oc([N+](=O)[O-])cc1[N+](=O)[O-]. The predicted molar refractivity (Wildman–Crippen MR) is 52.7 cm³/mol. The lowest BCUT2D eigenvalue weighted by Crippen LogP contribution is -2.13. The molecule has 0 fully saturated rings. The Labute approximate surface area is 93.5 Å². The molecule has 0 unspecified atom stereocenters. The molecule has 0 aromatic carbocycles. The average molecular weight is 245 g/mol. The van der Waals surface area contributed by atoms with Crippen molar-refractivity contribution < 1.29 is 23.8 Å². The second-order valence-corrected chi connectivity index (χ2v) is 2.66. The van der Waals surface area contributed by atoms with Crippen LogP contribution >= 0.6 is 0 Å². The molecule has 10 heteroatoms. The topological polar surface area (TPSA) is 138 Å². The highest BCUT2D eigenvalue weighted by Gasteiger charge is 2.28. The second kappa shape index (κ2) is 4.92. The van der Waals surface area contributed by atoms with E-state index in [-0.39, 0.29) is 6.61 Å². The molecule has 0 bridgehead atoms. The van der Waals surface area contributed by atoms with Gasteiger partial charge in [-0.2, -0.15) is 0 Å². The number of anilines is 1. The third kappa shape index (κ3) is 2.90. The Balaban J connectivity index is 3.00. The van der Waals surface area contributed by atoms with Gasteiger partial charge in [0.15, 0.2) is 0 Å². The zero-order valence-corrected chi connectivity index (χ0v) is 8.54. The van der Waals surface area contributed by atoms with Crippen LogP contribution in [-0.4, -0.2) is 22.5 Å². The van der Waals surface area contributed by atoms with Gasteiger partial charge >= 0.3 is 17.7 Å². The number of furan rings is 1. The summed E-state index contributed by atoms with van der Waals surface area (Å²) >= 11 is 0. The molecule has 92 valence electrons. The molecule has 0 aliphatic carbocycles. The maximum absolute atomic E-state index is 11.0. The molecule has 1 rings (SSSR count). The van der Waals surface area contributed by atoms with Crippen LogP contribution in [0.1, 0.15) is 6.92 Å². The fourth-order valence-corrected chi connectivity index (χ4v) is 0.944. The first-order chi connectivity index (χ1) is 7.95. The van der Waals surface area contributed by atoms with E-state index in [1.54, 1.807) is 0 Å². The summed E-state index contributed by atoms with van der Waals surface area (Å²) in [5.74, 6) is -1.48. The van der Waals surface area contributed by atoms with Crippen molar-refractivity contribution in [3.63, 3.8) is 0 Å². The zero-order chi connectivity index (χ0) is 13.0. The van der Waals surface area contributed by atoms with Crippen LogP contribution in [0.5, 0.6) is 0 Å². The van der Waals surface area contributed by atoms with E-state index in [1.165, 1.54) is 6.92 Å². The Kier molecular flexibility index (Phi) is 3.59. The third-order valence-electron chi connectivity index (χ3n) is 1.57. The summed E-state index contributed by atoms with van der Waals surface area (Å²) in [6, 6.07) is 0.599. The van der Waals surface area contributed by atoms with Crippen molar-refractivity contribution in [1.29, 1.82) is 0 Å². The Bertz CT molecular complexity index is 466. The molecule has 0 atom stereocenters. The zero-order valence-electron chi connectivity index (χ0n) is 8.54. The molecule has 1 heterocycles. The number of amides is 1. The van der Waals surface area contributed by atoms with E-state index in [0.717, 1.165) is 0 Å². The van der Waals surface area contributed by atoms with E-state index in [2.05, 4.69) is 9.15 Å². The molecule has 0 saturated carbocycles. The van der Waals surface area contributed by atoms with E-state index >= 15 is 0 Å². The van der Waals surface area contributed by atoms with Gasteiger partial charge in [0, 0.05) is 0 Å². The molecule has 1 amide bonds. The van der Waals surface area contributed by atoms with Gasteiger partial charge in [0.25, 0.3) is 5.88 Å². The minimum atomic E-state index is -1.00. The minimum absolute atomic E-state index is 0.0441. The van der Waals surface area contributed by atoms with Gasteiger partial charge in [-0.3, -0.25) is 25.5 Å². The molecule has 1 N–H and O–H groups in total. The molecule has 0 saturated heterocycles. The molecule has 10 nitrogen and oxygen atoms in total. The number of ether oxygens (including phenoxy) is 1. The smallest absolute Gasteiger partial charge is 0.442 e. The van der Waals surface area contributed by atoms with Crippen LogP contribution in [0.25, 0.3) is 0 Å². The number of hydrogen-bond acceptors (Lipinski definition) is 7. The van der Waals surface area contributed by atoms with Crippen LogP contribution in [0, 0.1) is 20.2 Å². The quantitative estimate of drug-likeness (QED) is 0.628. The highest BCUT2D eigenvalue weighted by atomic mass is 16.7. The van der Waals surface area contributed by atoms with E-state index in [4.69, 9.17) is 0 Å². The third-order valence-corrected chi connectivity index (χ3v) is 1.57. The summed E-state index contributed by atoms with van der Waals surface area (Å²) in [7, 11) is 0. The van der Waals surface area contributed by atoms with Crippen LogP contribution in [0.2, 0.25) is 0 Å². The van der Waals surface area contributed by atoms with E-state index in [9.17, 15) is 25.0 Å². The first-order valence-electron chi connectivity index (χ1n) is 4.32. The number of nitro groups is 2. The molecule has 0 radical (unpaired) electrons. The van der Waals surface area contributed by atoms with Gasteiger partial charge in [-0.25, -0.2) is 4.79 Å². The molecule has 17 heavy (non-hydrogen) atoms. The molecule has 0 aliphatic rings. The molecule has 0 aliphatic heterocycles. The van der Waals surface area contributed by atoms with E-state index in [1.807, 2.05) is 5.32 Å². The van der Waals surface area contributed by atoms with Crippen LogP contribution in [0.4, 0.5) is 22.3 Å². The van der Waals surface area contributed by atoms with Gasteiger partial charge in [0.05, 0.1) is 11.5 Å². The number of nitrogens with zero attached hydrogens (tertiary/aromatic N) is 2. The van der Waals surface area contributed by atoms with Crippen molar-refractivity contribution in [2.24, 2.45) is 0 Å². The van der Waals surface area contributed by atoms with Crippen LogP contribution in [0.3, 0.4) is 0 Å². The largest absolute Gasteiger partial charge is 0.450 e. The summed E-state index contributed by atoms with van der Waals surface area (Å²) < 4.78 is 8.95. The molecule has 0 spiro atoms. The number of carbonyl (C=O) groups excluding carboxylic acids is 1. The van der Waals surface area contributed by atoms with Crippen LogP contribution in [-0.2, 0) is 4.74 Å².